The van der Waals surface area contributed by atoms with E-state index < -0.39 is 0 Å². The predicted octanol–water partition coefficient (Wildman–Crippen LogP) is 3.16. The molecule has 0 bridgehead atoms. The summed E-state index contributed by atoms with van der Waals surface area (Å²) in [5.41, 5.74) is 3.95. The summed E-state index contributed by atoms with van der Waals surface area (Å²) in [5, 5.41) is 9.99. The highest BCUT2D eigenvalue weighted by Gasteiger charge is 2.54. The van der Waals surface area contributed by atoms with E-state index in [1.807, 2.05) is 36.4 Å². The topological polar surface area (TPSA) is 60.9 Å². The van der Waals surface area contributed by atoms with Gasteiger partial charge >= 0.3 is 0 Å². The zero-order valence-corrected chi connectivity index (χ0v) is 17.1. The molecule has 3 aromatic carbocycles. The van der Waals surface area contributed by atoms with Crippen molar-refractivity contribution in [1.29, 1.82) is 0 Å². The van der Waals surface area contributed by atoms with Gasteiger partial charge in [-0.2, -0.15) is 0 Å². The van der Waals surface area contributed by atoms with Crippen molar-refractivity contribution in [1.82, 2.24) is 9.80 Å². The first-order chi connectivity index (χ1) is 15.2. The first kappa shape index (κ1) is 19.5. The van der Waals surface area contributed by atoms with E-state index >= 15 is 0 Å². The van der Waals surface area contributed by atoms with Gasteiger partial charge in [0.1, 0.15) is 6.54 Å². The van der Waals surface area contributed by atoms with E-state index in [-0.39, 0.29) is 43.0 Å². The quantitative estimate of drug-likeness (QED) is 0.716. The van der Waals surface area contributed by atoms with Gasteiger partial charge < -0.3 is 14.9 Å². The smallest absolute Gasteiger partial charge is 0.254 e. The first-order valence-electron chi connectivity index (χ1n) is 10.6. The van der Waals surface area contributed by atoms with Crippen LogP contribution in [0.15, 0.2) is 84.9 Å². The van der Waals surface area contributed by atoms with Gasteiger partial charge in [-0.05, 0) is 28.8 Å². The normalized spacial score (nSPS) is 22.6. The minimum absolute atomic E-state index is 0.00477. The molecule has 2 heterocycles. The molecule has 3 aromatic rings. The zero-order valence-electron chi connectivity index (χ0n) is 17.1. The van der Waals surface area contributed by atoms with E-state index in [9.17, 15) is 14.7 Å². The molecular weight excluding hydrogens is 388 g/mol. The van der Waals surface area contributed by atoms with Crippen LogP contribution in [-0.2, 0) is 4.79 Å². The van der Waals surface area contributed by atoms with Crippen LogP contribution in [0.3, 0.4) is 0 Å². The number of fused-ring (bicyclic) bond motifs is 1. The van der Waals surface area contributed by atoms with E-state index in [2.05, 4.69) is 36.4 Å². The van der Waals surface area contributed by atoms with Gasteiger partial charge in [0, 0.05) is 18.0 Å². The Morgan fingerprint density at radius 1 is 0.871 bits per heavy atom. The number of benzene rings is 3. The van der Waals surface area contributed by atoms with Crippen molar-refractivity contribution in [3.05, 3.63) is 96.1 Å². The van der Waals surface area contributed by atoms with Gasteiger partial charge in [-0.1, -0.05) is 72.8 Å². The molecule has 2 aliphatic heterocycles. The van der Waals surface area contributed by atoms with E-state index in [0.29, 0.717) is 12.1 Å². The lowest BCUT2D eigenvalue weighted by Crippen LogP contribution is -2.73. The fourth-order valence-electron chi connectivity index (χ4n) is 4.95. The van der Waals surface area contributed by atoms with Crippen LogP contribution in [-0.4, -0.2) is 58.5 Å². The Morgan fingerprint density at radius 3 is 2.13 bits per heavy atom. The molecule has 0 aliphatic carbocycles. The molecular formula is C26H24N2O3. The van der Waals surface area contributed by atoms with E-state index in [1.54, 1.807) is 21.9 Å². The van der Waals surface area contributed by atoms with Crippen LogP contribution < -0.4 is 0 Å². The van der Waals surface area contributed by atoms with Crippen molar-refractivity contribution in [2.75, 3.05) is 19.7 Å². The van der Waals surface area contributed by atoms with Crippen molar-refractivity contribution >= 4 is 11.8 Å². The van der Waals surface area contributed by atoms with E-state index in [4.69, 9.17) is 0 Å². The Balaban J connectivity index is 1.39. The van der Waals surface area contributed by atoms with Crippen molar-refractivity contribution in [2.24, 2.45) is 0 Å². The highest BCUT2D eigenvalue weighted by atomic mass is 16.3. The van der Waals surface area contributed by atoms with E-state index in [0.717, 1.165) is 16.7 Å². The van der Waals surface area contributed by atoms with Crippen molar-refractivity contribution < 1.29 is 14.7 Å². The second-order valence-corrected chi connectivity index (χ2v) is 8.18. The Hall–Kier alpha value is -3.44. The molecule has 156 valence electrons. The molecule has 5 heteroatoms. The highest BCUT2D eigenvalue weighted by Crippen LogP contribution is 2.43. The number of aliphatic hydroxyl groups is 1. The van der Waals surface area contributed by atoms with Gasteiger partial charge in [-0.15, -0.1) is 0 Å². The second kappa shape index (κ2) is 8.00. The van der Waals surface area contributed by atoms with Crippen LogP contribution in [0.5, 0.6) is 0 Å². The third kappa shape index (κ3) is 3.41. The minimum atomic E-state index is -0.242. The fraction of sp³-hybridized carbons (Fsp3) is 0.231. The van der Waals surface area contributed by atoms with Gasteiger partial charge in [-0.3, -0.25) is 9.59 Å². The molecule has 0 saturated carbocycles. The molecule has 2 aliphatic rings. The number of aliphatic hydroxyl groups excluding tert-OH is 1. The van der Waals surface area contributed by atoms with Crippen LogP contribution in [0.1, 0.15) is 21.8 Å². The van der Waals surface area contributed by atoms with Crippen LogP contribution in [0.25, 0.3) is 11.1 Å². The number of carbonyl (C=O) groups excluding carboxylic acids is 2. The molecule has 5 rings (SSSR count). The number of rotatable bonds is 4. The van der Waals surface area contributed by atoms with Crippen LogP contribution in [0.4, 0.5) is 0 Å². The fourth-order valence-corrected chi connectivity index (χ4v) is 4.95. The maximum atomic E-state index is 12.9. The lowest BCUT2D eigenvalue weighted by molar-refractivity contribution is -0.159. The summed E-state index contributed by atoms with van der Waals surface area (Å²) in [4.78, 5) is 29.1. The maximum Gasteiger partial charge on any atom is 0.254 e. The van der Waals surface area contributed by atoms with Crippen LogP contribution in [0.2, 0.25) is 0 Å². The summed E-state index contributed by atoms with van der Waals surface area (Å²) in [5.74, 6) is -0.221. The van der Waals surface area contributed by atoms with Gasteiger partial charge in [0.05, 0.1) is 18.7 Å². The van der Waals surface area contributed by atoms with Gasteiger partial charge in [-0.25, -0.2) is 0 Å². The van der Waals surface area contributed by atoms with Crippen molar-refractivity contribution in [3.8, 4) is 11.1 Å². The number of piperazine rings is 1. The lowest BCUT2D eigenvalue weighted by Gasteiger charge is -2.58. The minimum Gasteiger partial charge on any atom is -0.394 e. The number of hydrogen-bond donors (Lipinski definition) is 1. The average molecular weight is 412 g/mol. The molecule has 5 nitrogen and oxygen atoms in total. The summed E-state index contributed by atoms with van der Waals surface area (Å²) in [6, 6.07) is 27.2. The second-order valence-electron chi connectivity index (χ2n) is 8.18. The van der Waals surface area contributed by atoms with Crippen molar-refractivity contribution in [2.45, 2.75) is 18.0 Å². The number of nitrogens with zero attached hydrogens (tertiary/aromatic N) is 2. The Bertz CT molecular complexity index is 1080. The van der Waals surface area contributed by atoms with Crippen molar-refractivity contribution in [3.63, 3.8) is 0 Å². The molecule has 0 spiro atoms. The molecule has 31 heavy (non-hydrogen) atoms. The first-order valence-corrected chi connectivity index (χ1v) is 10.6. The molecule has 2 saturated heterocycles. The number of amides is 2. The standard InChI is InChI=1S/C26H24N2O3/c29-17-23-25(20-13-11-19(12-14-20)18-7-3-1-4-8-18)22-15-27(16-24(30)28(22)23)26(31)21-9-5-2-6-10-21/h1-14,22-23,25,29H,15-17H2/t22-,23+,25-/m1/s1. The van der Waals surface area contributed by atoms with Gasteiger partial charge in [0.2, 0.25) is 5.91 Å². The Labute approximate surface area is 181 Å². The van der Waals surface area contributed by atoms with Crippen LogP contribution in [0, 0.1) is 0 Å². The summed E-state index contributed by atoms with van der Waals surface area (Å²) in [7, 11) is 0. The molecule has 1 N–H and O–H groups in total. The monoisotopic (exact) mass is 412 g/mol. The Morgan fingerprint density at radius 2 is 1.48 bits per heavy atom. The maximum absolute atomic E-state index is 12.9. The SMILES string of the molecule is O=C(c1ccccc1)N1CC(=O)N2[C@H](C1)[C@@H](c1ccc(-c3ccccc3)cc1)[C@@H]2CO. The third-order valence-corrected chi connectivity index (χ3v) is 6.46. The predicted molar refractivity (Wildman–Crippen MR) is 118 cm³/mol. The highest BCUT2D eigenvalue weighted by molar-refractivity contribution is 5.97. The Kier molecular flexibility index (Phi) is 5.04. The molecule has 2 amide bonds. The summed E-state index contributed by atoms with van der Waals surface area (Å²) >= 11 is 0. The molecule has 0 aromatic heterocycles. The molecule has 2 fully saturated rings. The van der Waals surface area contributed by atoms with E-state index in [1.165, 1.54) is 0 Å². The number of carbonyl (C=O) groups is 2. The molecule has 0 radical (unpaired) electrons. The lowest BCUT2D eigenvalue weighted by atomic mass is 9.73. The third-order valence-electron chi connectivity index (χ3n) is 6.46. The molecule has 3 atom stereocenters. The summed E-state index contributed by atoms with van der Waals surface area (Å²) in [6.45, 7) is 0.446. The average Bonchev–Trinajstić information content (AvgIpc) is 2.81. The van der Waals surface area contributed by atoms with Crippen LogP contribution >= 0.6 is 0 Å². The largest absolute Gasteiger partial charge is 0.394 e. The molecule has 0 unspecified atom stereocenters. The van der Waals surface area contributed by atoms with Gasteiger partial charge in [0.25, 0.3) is 5.91 Å². The van der Waals surface area contributed by atoms with Gasteiger partial charge in [0.15, 0.2) is 0 Å². The summed E-state index contributed by atoms with van der Waals surface area (Å²) in [6.07, 6.45) is 0. The zero-order chi connectivity index (χ0) is 21.4. The summed E-state index contributed by atoms with van der Waals surface area (Å²) < 4.78 is 0. The number of hydrogen-bond acceptors (Lipinski definition) is 3.